The predicted molar refractivity (Wildman–Crippen MR) is 80.8 cm³/mol. The van der Waals surface area contributed by atoms with Gasteiger partial charge in [-0.15, -0.1) is 0 Å². The Bertz CT molecular complexity index is 946. The Hall–Kier alpha value is -2.90. The first-order valence-electron chi connectivity index (χ1n) is 7.15. The second kappa shape index (κ2) is 6.19. The van der Waals surface area contributed by atoms with E-state index < -0.39 is 29.3 Å². The van der Waals surface area contributed by atoms with Gasteiger partial charge in [0.2, 0.25) is 0 Å². The largest absolute Gasteiger partial charge is 0.416 e. The van der Waals surface area contributed by atoms with Gasteiger partial charge in [-0.3, -0.25) is 4.79 Å². The highest BCUT2D eigenvalue weighted by molar-refractivity contribution is 5.97. The Morgan fingerprint density at radius 3 is 2.48 bits per heavy atom. The van der Waals surface area contributed by atoms with Crippen LogP contribution in [-0.4, -0.2) is 10.9 Å². The van der Waals surface area contributed by atoms with Crippen LogP contribution in [0.2, 0.25) is 0 Å². The molecule has 0 aliphatic rings. The number of benzene rings is 2. The number of H-pyrrole nitrogens is 1. The number of amides is 1. The van der Waals surface area contributed by atoms with Crippen molar-refractivity contribution in [2.75, 3.05) is 0 Å². The van der Waals surface area contributed by atoms with Gasteiger partial charge in [0.05, 0.1) is 5.56 Å². The van der Waals surface area contributed by atoms with Crippen LogP contribution in [0.25, 0.3) is 10.9 Å². The fourth-order valence-corrected chi connectivity index (χ4v) is 2.42. The zero-order valence-corrected chi connectivity index (χ0v) is 12.5. The number of fused-ring (bicyclic) bond motifs is 1. The zero-order valence-electron chi connectivity index (χ0n) is 12.5. The van der Waals surface area contributed by atoms with E-state index >= 15 is 0 Å². The number of rotatable bonds is 3. The van der Waals surface area contributed by atoms with Gasteiger partial charge in [0.15, 0.2) is 0 Å². The summed E-state index contributed by atoms with van der Waals surface area (Å²) in [5, 5.41) is 2.88. The maximum absolute atomic E-state index is 13.3. The van der Waals surface area contributed by atoms with Gasteiger partial charge in [0.1, 0.15) is 17.3 Å². The molecule has 0 aliphatic carbocycles. The van der Waals surface area contributed by atoms with Crippen molar-refractivity contribution in [3.63, 3.8) is 0 Å². The van der Waals surface area contributed by atoms with Gasteiger partial charge >= 0.3 is 6.18 Å². The lowest BCUT2D eigenvalue weighted by atomic mass is 10.1. The number of aromatic nitrogens is 1. The molecule has 0 atom stereocenters. The third-order valence-electron chi connectivity index (χ3n) is 3.57. The molecule has 3 nitrogen and oxygen atoms in total. The predicted octanol–water partition coefficient (Wildman–Crippen LogP) is 4.39. The number of aromatic amines is 1. The van der Waals surface area contributed by atoms with Crippen LogP contribution in [-0.2, 0) is 12.7 Å². The third-order valence-corrected chi connectivity index (χ3v) is 3.57. The molecule has 25 heavy (non-hydrogen) atoms. The minimum absolute atomic E-state index is 0.0252. The molecule has 8 heteroatoms. The first-order valence-corrected chi connectivity index (χ1v) is 7.15. The Balaban J connectivity index is 1.76. The van der Waals surface area contributed by atoms with Gasteiger partial charge in [0.25, 0.3) is 5.91 Å². The van der Waals surface area contributed by atoms with E-state index in [2.05, 4.69) is 10.3 Å². The lowest BCUT2D eigenvalue weighted by Crippen LogP contribution is -2.23. The summed E-state index contributed by atoms with van der Waals surface area (Å²) in [4.78, 5) is 14.9. The number of alkyl halides is 3. The zero-order chi connectivity index (χ0) is 18.2. The fourth-order valence-electron chi connectivity index (χ4n) is 2.42. The molecule has 0 saturated heterocycles. The van der Waals surface area contributed by atoms with Crippen LogP contribution in [0.5, 0.6) is 0 Å². The highest BCUT2D eigenvalue weighted by Crippen LogP contribution is 2.30. The van der Waals surface area contributed by atoms with Crippen molar-refractivity contribution in [3.05, 3.63) is 70.9 Å². The molecule has 1 amide bonds. The van der Waals surface area contributed by atoms with Crippen LogP contribution in [0.15, 0.2) is 42.5 Å². The minimum Gasteiger partial charge on any atom is -0.351 e. The van der Waals surface area contributed by atoms with Crippen molar-refractivity contribution in [1.82, 2.24) is 10.3 Å². The topological polar surface area (TPSA) is 44.9 Å². The van der Waals surface area contributed by atoms with Crippen LogP contribution < -0.4 is 5.32 Å². The quantitative estimate of drug-likeness (QED) is 0.673. The van der Waals surface area contributed by atoms with Crippen molar-refractivity contribution in [3.8, 4) is 0 Å². The molecule has 3 rings (SSSR count). The maximum atomic E-state index is 13.3. The van der Waals surface area contributed by atoms with E-state index in [4.69, 9.17) is 0 Å². The average Bonchev–Trinajstić information content (AvgIpc) is 2.94. The van der Waals surface area contributed by atoms with Crippen molar-refractivity contribution in [2.45, 2.75) is 12.7 Å². The number of carbonyl (C=O) groups excluding carboxylic acids is 1. The van der Waals surface area contributed by atoms with Crippen LogP contribution in [0.4, 0.5) is 22.0 Å². The molecule has 2 N–H and O–H groups in total. The molecule has 1 aromatic heterocycles. The van der Waals surface area contributed by atoms with E-state index in [9.17, 15) is 26.7 Å². The fraction of sp³-hybridized carbons (Fsp3) is 0.118. The second-order valence-electron chi connectivity index (χ2n) is 5.44. The summed E-state index contributed by atoms with van der Waals surface area (Å²) in [7, 11) is 0. The van der Waals surface area contributed by atoms with Gasteiger partial charge in [0, 0.05) is 17.4 Å². The molecule has 0 spiro atoms. The molecule has 0 bridgehead atoms. The number of halogens is 5. The standard InChI is InChI=1S/C17H11F5N2O/c18-12-1-2-14-10(5-12)6-15(24-14)16(25)23-8-9-3-11(17(20,21)22)7-13(19)4-9/h1-7,24H,8H2,(H,23,25). The van der Waals surface area contributed by atoms with E-state index in [0.29, 0.717) is 17.0 Å². The molecule has 2 aromatic carbocycles. The maximum Gasteiger partial charge on any atom is 0.416 e. The molecule has 0 aliphatic heterocycles. The molecule has 130 valence electrons. The molecule has 3 aromatic rings. The van der Waals surface area contributed by atoms with Crippen molar-refractivity contribution in [1.29, 1.82) is 0 Å². The number of carbonyl (C=O) groups is 1. The summed E-state index contributed by atoms with van der Waals surface area (Å²) >= 11 is 0. The van der Waals surface area contributed by atoms with Gasteiger partial charge in [-0.2, -0.15) is 13.2 Å². The average molecular weight is 354 g/mol. The highest BCUT2D eigenvalue weighted by Gasteiger charge is 2.31. The van der Waals surface area contributed by atoms with Crippen molar-refractivity contribution >= 4 is 16.8 Å². The first-order chi connectivity index (χ1) is 11.7. The second-order valence-corrected chi connectivity index (χ2v) is 5.44. The molecule has 0 unspecified atom stereocenters. The van der Waals surface area contributed by atoms with E-state index in [0.717, 1.165) is 12.1 Å². The minimum atomic E-state index is -4.68. The van der Waals surface area contributed by atoms with E-state index in [1.165, 1.54) is 24.3 Å². The van der Waals surface area contributed by atoms with Crippen LogP contribution >= 0.6 is 0 Å². The molecule has 0 saturated carbocycles. The van der Waals surface area contributed by atoms with E-state index in [-0.39, 0.29) is 17.8 Å². The summed E-state index contributed by atoms with van der Waals surface area (Å²) in [6.45, 7) is -0.288. The van der Waals surface area contributed by atoms with Gasteiger partial charge in [-0.05, 0) is 48.0 Å². The van der Waals surface area contributed by atoms with Crippen molar-refractivity contribution < 1.29 is 26.7 Å². The Morgan fingerprint density at radius 1 is 1.00 bits per heavy atom. The van der Waals surface area contributed by atoms with Crippen LogP contribution in [0.3, 0.4) is 0 Å². The summed E-state index contributed by atoms with van der Waals surface area (Å²) < 4.78 is 64.5. The van der Waals surface area contributed by atoms with E-state index in [1.54, 1.807) is 0 Å². The smallest absolute Gasteiger partial charge is 0.351 e. The van der Waals surface area contributed by atoms with Gasteiger partial charge in [-0.1, -0.05) is 0 Å². The Kier molecular flexibility index (Phi) is 4.20. The lowest BCUT2D eigenvalue weighted by Gasteiger charge is -2.10. The third kappa shape index (κ3) is 3.78. The SMILES string of the molecule is O=C(NCc1cc(F)cc(C(F)(F)F)c1)c1cc2cc(F)ccc2[nH]1. The summed E-state index contributed by atoms with van der Waals surface area (Å²) in [6, 6.07) is 7.42. The van der Waals surface area contributed by atoms with E-state index in [1.807, 2.05) is 0 Å². The highest BCUT2D eigenvalue weighted by atomic mass is 19.4. The molecular weight excluding hydrogens is 343 g/mol. The Labute approximate surface area is 138 Å². The van der Waals surface area contributed by atoms with Gasteiger partial charge < -0.3 is 10.3 Å². The Morgan fingerprint density at radius 2 is 1.76 bits per heavy atom. The first kappa shape index (κ1) is 16.9. The van der Waals surface area contributed by atoms with Crippen LogP contribution in [0.1, 0.15) is 21.6 Å². The number of nitrogens with one attached hydrogen (secondary N) is 2. The monoisotopic (exact) mass is 354 g/mol. The molecule has 1 heterocycles. The normalized spacial score (nSPS) is 11.7. The van der Waals surface area contributed by atoms with Gasteiger partial charge in [-0.25, -0.2) is 8.78 Å². The lowest BCUT2D eigenvalue weighted by molar-refractivity contribution is -0.137. The molecule has 0 radical (unpaired) electrons. The van der Waals surface area contributed by atoms with Crippen LogP contribution in [0, 0.1) is 11.6 Å². The summed E-state index contributed by atoms with van der Waals surface area (Å²) in [5.74, 6) is -2.10. The summed E-state index contributed by atoms with van der Waals surface area (Å²) in [5.41, 5.74) is -0.495. The molecular formula is C17H11F5N2O. The number of hydrogen-bond donors (Lipinski definition) is 2. The van der Waals surface area contributed by atoms with Crippen molar-refractivity contribution in [2.24, 2.45) is 0 Å². The summed E-state index contributed by atoms with van der Waals surface area (Å²) in [6.07, 6.45) is -4.68. The number of hydrogen-bond acceptors (Lipinski definition) is 1. The molecule has 0 fully saturated rings.